The van der Waals surface area contributed by atoms with E-state index in [1.54, 1.807) is 0 Å². The van der Waals surface area contributed by atoms with Crippen LogP contribution in [0.5, 0.6) is 0 Å². The first-order valence-electron chi connectivity index (χ1n) is 5.51. The van der Waals surface area contributed by atoms with Gasteiger partial charge >= 0.3 is 5.97 Å². The summed E-state index contributed by atoms with van der Waals surface area (Å²) in [5, 5.41) is 8.53. The highest BCUT2D eigenvalue weighted by molar-refractivity contribution is 7.85. The van der Waals surface area contributed by atoms with E-state index in [1.165, 1.54) is 5.56 Å². The number of carboxylic acid groups (broad SMARTS) is 1. The van der Waals surface area contributed by atoms with E-state index in [0.29, 0.717) is 4.90 Å². The van der Waals surface area contributed by atoms with Crippen molar-refractivity contribution >= 4 is 16.8 Å². The first-order valence-corrected chi connectivity index (χ1v) is 6.83. The van der Waals surface area contributed by atoms with E-state index in [4.69, 9.17) is 5.11 Å². The maximum Gasteiger partial charge on any atom is 0.304 e. The van der Waals surface area contributed by atoms with Crippen molar-refractivity contribution in [3.63, 3.8) is 0 Å². The van der Waals surface area contributed by atoms with Crippen LogP contribution in [0.2, 0.25) is 0 Å². The summed E-state index contributed by atoms with van der Waals surface area (Å²) >= 11 is 0. The molecule has 1 aromatic carbocycles. The molecule has 0 saturated carbocycles. The molecular formula is C13H18O3S. The third-order valence-corrected chi connectivity index (χ3v) is 3.86. The predicted octanol–water partition coefficient (Wildman–Crippen LogP) is 2.57. The van der Waals surface area contributed by atoms with Crippen LogP contribution < -0.4 is 0 Å². The molecule has 0 spiro atoms. The lowest BCUT2D eigenvalue weighted by Gasteiger charge is -2.18. The Labute approximate surface area is 104 Å². The zero-order valence-electron chi connectivity index (χ0n) is 10.4. The van der Waals surface area contributed by atoms with Crippen LogP contribution in [0.3, 0.4) is 0 Å². The van der Waals surface area contributed by atoms with Gasteiger partial charge in [0.05, 0.1) is 17.2 Å². The van der Waals surface area contributed by atoms with Crippen molar-refractivity contribution in [2.75, 3.05) is 5.75 Å². The Kier molecular flexibility index (Phi) is 4.46. The summed E-state index contributed by atoms with van der Waals surface area (Å²) < 4.78 is 11.8. The van der Waals surface area contributed by atoms with Gasteiger partial charge in [0.25, 0.3) is 0 Å². The van der Waals surface area contributed by atoms with Crippen LogP contribution in [0.1, 0.15) is 32.8 Å². The van der Waals surface area contributed by atoms with Gasteiger partial charge in [0, 0.05) is 10.6 Å². The fraction of sp³-hybridized carbons (Fsp3) is 0.462. The molecule has 3 nitrogen and oxygen atoms in total. The van der Waals surface area contributed by atoms with Crippen LogP contribution in [-0.2, 0) is 21.0 Å². The molecule has 0 aromatic heterocycles. The van der Waals surface area contributed by atoms with Crippen molar-refractivity contribution in [2.45, 2.75) is 37.5 Å². The first kappa shape index (κ1) is 13.9. The second-order valence-electron chi connectivity index (χ2n) is 4.97. The molecule has 0 heterocycles. The van der Waals surface area contributed by atoms with Crippen molar-refractivity contribution in [2.24, 2.45) is 0 Å². The quantitative estimate of drug-likeness (QED) is 0.898. The summed E-state index contributed by atoms with van der Waals surface area (Å²) in [6.45, 7) is 6.34. The fourth-order valence-electron chi connectivity index (χ4n) is 1.40. The van der Waals surface area contributed by atoms with Gasteiger partial charge in [-0.25, -0.2) is 0 Å². The molecular weight excluding hydrogens is 236 g/mol. The molecule has 17 heavy (non-hydrogen) atoms. The van der Waals surface area contributed by atoms with E-state index in [9.17, 15) is 9.00 Å². The monoisotopic (exact) mass is 254 g/mol. The standard InChI is InChI=1S/C13H18O3S/c1-13(2,3)10-4-6-11(7-5-10)17(16)9-8-12(14)15/h4-7H,8-9H2,1-3H3,(H,14,15). The highest BCUT2D eigenvalue weighted by Crippen LogP contribution is 2.23. The lowest BCUT2D eigenvalue weighted by atomic mass is 9.87. The molecule has 1 aromatic rings. The zero-order valence-corrected chi connectivity index (χ0v) is 11.2. The number of rotatable bonds is 4. The molecule has 0 bridgehead atoms. The maximum atomic E-state index is 11.8. The largest absolute Gasteiger partial charge is 0.481 e. The second kappa shape index (κ2) is 5.45. The van der Waals surface area contributed by atoms with E-state index < -0.39 is 16.8 Å². The molecule has 0 fully saturated rings. The van der Waals surface area contributed by atoms with Crippen LogP contribution in [0.4, 0.5) is 0 Å². The van der Waals surface area contributed by atoms with Gasteiger partial charge < -0.3 is 5.11 Å². The molecule has 0 saturated heterocycles. The molecule has 0 amide bonds. The molecule has 1 atom stereocenters. The second-order valence-corrected chi connectivity index (χ2v) is 6.54. The van der Waals surface area contributed by atoms with Gasteiger partial charge in [-0.3, -0.25) is 9.00 Å². The highest BCUT2D eigenvalue weighted by atomic mass is 32.2. The summed E-state index contributed by atoms with van der Waals surface area (Å²) in [5.74, 6) is -0.742. The molecule has 1 unspecified atom stereocenters. The molecule has 0 aliphatic carbocycles. The smallest absolute Gasteiger partial charge is 0.304 e. The Morgan fingerprint density at radius 1 is 1.24 bits per heavy atom. The number of carbonyl (C=O) groups is 1. The minimum Gasteiger partial charge on any atom is -0.481 e. The van der Waals surface area contributed by atoms with E-state index in [-0.39, 0.29) is 17.6 Å². The van der Waals surface area contributed by atoms with Gasteiger partial charge in [-0.15, -0.1) is 0 Å². The summed E-state index contributed by atoms with van der Waals surface area (Å²) in [6.07, 6.45) is -0.0619. The Hall–Kier alpha value is -1.16. The minimum atomic E-state index is -1.22. The number of hydrogen-bond acceptors (Lipinski definition) is 2. The van der Waals surface area contributed by atoms with Gasteiger partial charge in [0.1, 0.15) is 0 Å². The van der Waals surface area contributed by atoms with Crippen LogP contribution >= 0.6 is 0 Å². The summed E-state index contributed by atoms with van der Waals surface area (Å²) in [4.78, 5) is 11.1. The maximum absolute atomic E-state index is 11.8. The molecule has 0 aliphatic heterocycles. The molecule has 0 radical (unpaired) electrons. The molecule has 1 N–H and O–H groups in total. The molecule has 4 heteroatoms. The normalized spacial score (nSPS) is 13.4. The van der Waals surface area contributed by atoms with E-state index >= 15 is 0 Å². The molecule has 0 aliphatic rings. The number of hydrogen-bond donors (Lipinski definition) is 1. The predicted molar refractivity (Wildman–Crippen MR) is 68.7 cm³/mol. The minimum absolute atomic E-state index is 0.0619. The van der Waals surface area contributed by atoms with E-state index in [2.05, 4.69) is 20.8 Å². The molecule has 94 valence electrons. The third-order valence-electron chi connectivity index (χ3n) is 2.48. The van der Waals surface area contributed by atoms with Crippen molar-refractivity contribution in [3.8, 4) is 0 Å². The third kappa shape index (κ3) is 4.30. The van der Waals surface area contributed by atoms with Crippen LogP contribution in [0.15, 0.2) is 29.2 Å². The van der Waals surface area contributed by atoms with Gasteiger partial charge in [0.15, 0.2) is 0 Å². The van der Waals surface area contributed by atoms with Crippen LogP contribution in [0.25, 0.3) is 0 Å². The average molecular weight is 254 g/mol. The lowest BCUT2D eigenvalue weighted by Crippen LogP contribution is -2.11. The first-order chi connectivity index (χ1) is 7.80. The van der Waals surface area contributed by atoms with Crippen molar-refractivity contribution in [3.05, 3.63) is 29.8 Å². The van der Waals surface area contributed by atoms with Crippen molar-refractivity contribution in [1.29, 1.82) is 0 Å². The topological polar surface area (TPSA) is 54.4 Å². The number of aliphatic carboxylic acids is 1. The van der Waals surface area contributed by atoms with Crippen LogP contribution in [0, 0.1) is 0 Å². The zero-order chi connectivity index (χ0) is 13.1. The Morgan fingerprint density at radius 2 is 1.76 bits per heavy atom. The Bertz CT molecular complexity index is 415. The van der Waals surface area contributed by atoms with Crippen molar-refractivity contribution in [1.82, 2.24) is 0 Å². The lowest BCUT2D eigenvalue weighted by molar-refractivity contribution is -0.136. The van der Waals surface area contributed by atoms with Crippen LogP contribution in [-0.4, -0.2) is 21.0 Å². The van der Waals surface area contributed by atoms with Gasteiger partial charge in [-0.2, -0.15) is 0 Å². The van der Waals surface area contributed by atoms with Gasteiger partial charge in [0.2, 0.25) is 0 Å². The fourth-order valence-corrected chi connectivity index (χ4v) is 2.44. The average Bonchev–Trinajstić information content (AvgIpc) is 2.25. The van der Waals surface area contributed by atoms with Gasteiger partial charge in [-0.1, -0.05) is 32.9 Å². The summed E-state index contributed by atoms with van der Waals surface area (Å²) in [6, 6.07) is 7.54. The number of carboxylic acids is 1. The molecule has 1 rings (SSSR count). The Balaban J connectivity index is 2.74. The van der Waals surface area contributed by atoms with E-state index in [1.807, 2.05) is 24.3 Å². The van der Waals surface area contributed by atoms with Crippen molar-refractivity contribution < 1.29 is 14.1 Å². The van der Waals surface area contributed by atoms with E-state index in [0.717, 1.165) is 0 Å². The summed E-state index contributed by atoms with van der Waals surface area (Å²) in [5.41, 5.74) is 1.25. The SMILES string of the molecule is CC(C)(C)c1ccc(S(=O)CCC(=O)O)cc1. The summed E-state index contributed by atoms with van der Waals surface area (Å²) in [7, 11) is -1.22. The highest BCUT2D eigenvalue weighted by Gasteiger charge is 2.14. The van der Waals surface area contributed by atoms with Gasteiger partial charge in [-0.05, 0) is 23.1 Å². The number of benzene rings is 1. The Morgan fingerprint density at radius 3 is 2.18 bits per heavy atom.